The summed E-state index contributed by atoms with van der Waals surface area (Å²) in [7, 11) is 0. The highest BCUT2D eigenvalue weighted by Gasteiger charge is 2.26. The van der Waals surface area contributed by atoms with Gasteiger partial charge >= 0.3 is 0 Å². The fourth-order valence-electron chi connectivity index (χ4n) is 3.73. The molecule has 2 N–H and O–H groups in total. The lowest BCUT2D eigenvalue weighted by atomic mass is 9.96. The maximum atomic E-state index is 13.1. The minimum Gasteiger partial charge on any atom is -0.369 e. The molecule has 0 radical (unpaired) electrons. The van der Waals surface area contributed by atoms with Gasteiger partial charge in [0.15, 0.2) is 0 Å². The molecular weight excluding hydrogens is 417 g/mol. The first-order valence-corrected chi connectivity index (χ1v) is 11.6. The fraction of sp³-hybridized carbons (Fsp3) is 0.545. The van der Waals surface area contributed by atoms with E-state index in [0.29, 0.717) is 51.1 Å². The highest BCUT2D eigenvalue weighted by Crippen LogP contribution is 2.24. The third kappa shape index (κ3) is 6.22. The van der Waals surface area contributed by atoms with Gasteiger partial charge in [-0.25, -0.2) is 9.37 Å². The fourth-order valence-corrected chi connectivity index (χ4v) is 4.55. The van der Waals surface area contributed by atoms with Crippen LogP contribution in [0.4, 0.5) is 9.52 Å². The van der Waals surface area contributed by atoms with Crippen molar-refractivity contribution in [3.8, 4) is 0 Å². The van der Waals surface area contributed by atoms with Gasteiger partial charge in [-0.3, -0.25) is 9.59 Å². The number of likely N-dealkylation sites (tertiary alicyclic amines) is 1. The minimum atomic E-state index is -0.275. The van der Waals surface area contributed by atoms with Crippen LogP contribution in [0.2, 0.25) is 0 Å². The first kappa shape index (κ1) is 23.1. The lowest BCUT2D eigenvalue weighted by Gasteiger charge is -2.32. The van der Waals surface area contributed by atoms with Gasteiger partial charge in [0.1, 0.15) is 11.6 Å². The number of primary amides is 1. The number of hydrogen-bond acceptors (Lipinski definition) is 6. The molecule has 7 nitrogen and oxygen atoms in total. The molecule has 0 spiro atoms. The Hall–Kier alpha value is -2.55. The number of nitrogens with zero attached hydrogens (tertiary/aromatic N) is 4. The molecule has 1 aliphatic rings. The zero-order valence-electron chi connectivity index (χ0n) is 18.1. The van der Waals surface area contributed by atoms with Gasteiger partial charge in [0.2, 0.25) is 16.9 Å². The molecule has 2 aromatic rings. The van der Waals surface area contributed by atoms with Crippen LogP contribution in [0, 0.1) is 11.7 Å². The third-order valence-electron chi connectivity index (χ3n) is 5.92. The second kappa shape index (κ2) is 10.7. The number of nitrogens with two attached hydrogens (primary N) is 1. The summed E-state index contributed by atoms with van der Waals surface area (Å²) in [6.07, 6.45) is 3.13. The van der Waals surface area contributed by atoms with Crippen molar-refractivity contribution in [2.75, 3.05) is 24.5 Å². The Bertz CT molecular complexity index is 880. The van der Waals surface area contributed by atoms with Gasteiger partial charge in [-0.2, -0.15) is 4.37 Å². The molecule has 1 aromatic heterocycles. The Morgan fingerprint density at radius 2 is 1.97 bits per heavy atom. The molecule has 1 aromatic carbocycles. The molecule has 1 fully saturated rings. The van der Waals surface area contributed by atoms with Crippen LogP contribution in [0.3, 0.4) is 0 Å². The number of hydrogen-bond donors (Lipinski definition) is 1. The van der Waals surface area contributed by atoms with Gasteiger partial charge in [0, 0.05) is 56.0 Å². The van der Waals surface area contributed by atoms with Gasteiger partial charge in [-0.1, -0.05) is 19.1 Å². The number of piperidine rings is 1. The van der Waals surface area contributed by atoms with Gasteiger partial charge in [0.25, 0.3) is 0 Å². The molecule has 2 amide bonds. The summed E-state index contributed by atoms with van der Waals surface area (Å²) in [5.41, 5.74) is 6.33. The first-order chi connectivity index (χ1) is 14.9. The number of amides is 2. The third-order valence-corrected chi connectivity index (χ3v) is 6.71. The number of anilines is 1. The number of aromatic nitrogens is 2. The smallest absolute Gasteiger partial charge is 0.224 e. The minimum absolute atomic E-state index is 0.0901. The highest BCUT2D eigenvalue weighted by atomic mass is 32.1. The number of benzene rings is 1. The van der Waals surface area contributed by atoms with Gasteiger partial charge in [-0.05, 0) is 43.9 Å². The van der Waals surface area contributed by atoms with E-state index in [0.717, 1.165) is 17.1 Å². The SMILES string of the molecule is CCC(C)N(CCC(=O)N1CCC(C(N)=O)CC1)c1nc(Cc2ccc(F)cc2)ns1. The van der Waals surface area contributed by atoms with Crippen molar-refractivity contribution in [2.24, 2.45) is 11.7 Å². The molecule has 31 heavy (non-hydrogen) atoms. The van der Waals surface area contributed by atoms with Crippen molar-refractivity contribution in [3.05, 3.63) is 41.5 Å². The van der Waals surface area contributed by atoms with Crippen molar-refractivity contribution in [1.82, 2.24) is 14.3 Å². The zero-order chi connectivity index (χ0) is 22.4. The quantitative estimate of drug-likeness (QED) is 0.638. The Balaban J connectivity index is 1.59. The number of carbonyl (C=O) groups is 2. The molecule has 1 atom stereocenters. The zero-order valence-corrected chi connectivity index (χ0v) is 18.9. The monoisotopic (exact) mass is 447 g/mol. The maximum absolute atomic E-state index is 13.1. The van der Waals surface area contributed by atoms with Crippen molar-refractivity contribution >= 4 is 28.5 Å². The average Bonchev–Trinajstić information content (AvgIpc) is 3.23. The average molecular weight is 448 g/mol. The normalized spacial score (nSPS) is 15.6. The molecule has 0 saturated carbocycles. The van der Waals surface area contributed by atoms with Crippen LogP contribution in [-0.4, -0.2) is 51.7 Å². The van der Waals surface area contributed by atoms with Crippen LogP contribution in [0.5, 0.6) is 0 Å². The number of halogens is 1. The summed E-state index contributed by atoms with van der Waals surface area (Å²) in [4.78, 5) is 32.7. The summed E-state index contributed by atoms with van der Waals surface area (Å²) in [5.74, 6) is 0.124. The first-order valence-electron chi connectivity index (χ1n) is 10.8. The molecule has 1 unspecified atom stereocenters. The second-order valence-electron chi connectivity index (χ2n) is 8.05. The molecule has 168 valence electrons. The van der Waals surface area contributed by atoms with E-state index in [1.165, 1.54) is 23.7 Å². The second-order valence-corrected chi connectivity index (χ2v) is 8.78. The van der Waals surface area contributed by atoms with Crippen LogP contribution in [0.1, 0.15) is 50.9 Å². The lowest BCUT2D eigenvalue weighted by Crippen LogP contribution is -2.43. The Labute approximate surface area is 186 Å². The van der Waals surface area contributed by atoms with Gasteiger partial charge in [-0.15, -0.1) is 0 Å². The summed E-state index contributed by atoms with van der Waals surface area (Å²) in [6, 6.07) is 6.57. The molecule has 0 bridgehead atoms. The maximum Gasteiger partial charge on any atom is 0.224 e. The van der Waals surface area contributed by atoms with Crippen LogP contribution in [-0.2, 0) is 16.0 Å². The summed E-state index contributed by atoms with van der Waals surface area (Å²) >= 11 is 1.33. The molecule has 9 heteroatoms. The number of carbonyl (C=O) groups excluding carboxylic acids is 2. The standard InChI is InChI=1S/C22H30FN5O2S/c1-3-15(2)28(13-10-20(29)27-11-8-17(9-12-27)21(24)30)22-25-19(26-31-22)14-16-4-6-18(23)7-5-16/h4-7,15,17H,3,8-14H2,1-2H3,(H2,24,30). The topological polar surface area (TPSA) is 92.4 Å². The Kier molecular flexibility index (Phi) is 7.95. The molecule has 0 aliphatic carbocycles. The van der Waals surface area contributed by atoms with Crippen LogP contribution >= 0.6 is 11.5 Å². The predicted molar refractivity (Wildman–Crippen MR) is 119 cm³/mol. The summed E-state index contributed by atoms with van der Waals surface area (Å²) in [5, 5.41) is 0.798. The van der Waals surface area contributed by atoms with Gasteiger partial charge < -0.3 is 15.5 Å². The van der Waals surface area contributed by atoms with Crippen LogP contribution < -0.4 is 10.6 Å². The van der Waals surface area contributed by atoms with E-state index in [1.807, 2.05) is 4.90 Å². The van der Waals surface area contributed by atoms with E-state index in [1.54, 1.807) is 12.1 Å². The van der Waals surface area contributed by atoms with E-state index in [4.69, 9.17) is 5.73 Å². The van der Waals surface area contributed by atoms with Crippen molar-refractivity contribution < 1.29 is 14.0 Å². The van der Waals surface area contributed by atoms with Crippen molar-refractivity contribution in [2.45, 2.75) is 52.0 Å². The summed E-state index contributed by atoms with van der Waals surface area (Å²) in [6.45, 7) is 5.94. The van der Waals surface area contributed by atoms with E-state index in [9.17, 15) is 14.0 Å². The molecular formula is C22H30FN5O2S. The van der Waals surface area contributed by atoms with Crippen LogP contribution in [0.15, 0.2) is 24.3 Å². The Morgan fingerprint density at radius 1 is 1.29 bits per heavy atom. The summed E-state index contributed by atoms with van der Waals surface area (Å²) < 4.78 is 17.6. The molecule has 2 heterocycles. The lowest BCUT2D eigenvalue weighted by molar-refractivity contribution is -0.134. The Morgan fingerprint density at radius 3 is 2.58 bits per heavy atom. The van der Waals surface area contributed by atoms with Crippen molar-refractivity contribution in [1.29, 1.82) is 0 Å². The molecule has 1 saturated heterocycles. The number of rotatable bonds is 9. The van der Waals surface area contributed by atoms with Crippen molar-refractivity contribution in [3.63, 3.8) is 0 Å². The van der Waals surface area contributed by atoms with Crippen LogP contribution in [0.25, 0.3) is 0 Å². The van der Waals surface area contributed by atoms with E-state index < -0.39 is 0 Å². The molecule has 1 aliphatic heterocycles. The van der Waals surface area contributed by atoms with E-state index in [2.05, 4.69) is 28.1 Å². The largest absolute Gasteiger partial charge is 0.369 e. The molecule has 3 rings (SSSR count). The van der Waals surface area contributed by atoms with Gasteiger partial charge in [0.05, 0.1) is 0 Å². The van der Waals surface area contributed by atoms with E-state index in [-0.39, 0.29) is 29.6 Å². The highest BCUT2D eigenvalue weighted by molar-refractivity contribution is 7.09. The van der Waals surface area contributed by atoms with E-state index >= 15 is 0 Å². The predicted octanol–water partition coefficient (Wildman–Crippen LogP) is 2.99.